The van der Waals surface area contributed by atoms with Crippen molar-refractivity contribution in [3.8, 4) is 0 Å². The number of aromatic amines is 1. The minimum atomic E-state index is 0.546. The summed E-state index contributed by atoms with van der Waals surface area (Å²) < 4.78 is 0. The van der Waals surface area contributed by atoms with Crippen molar-refractivity contribution in [2.75, 3.05) is 20.6 Å². The second-order valence-electron chi connectivity index (χ2n) is 6.37. The number of nitrogens with one attached hydrogen (secondary N) is 2. The zero-order valence-corrected chi connectivity index (χ0v) is 13.1. The van der Waals surface area contributed by atoms with Gasteiger partial charge in [-0.05, 0) is 49.5 Å². The quantitative estimate of drug-likeness (QED) is 0.811. The van der Waals surface area contributed by atoms with Gasteiger partial charge < -0.3 is 15.2 Å². The van der Waals surface area contributed by atoms with Crippen molar-refractivity contribution in [3.63, 3.8) is 0 Å². The average molecular weight is 273 g/mol. The topological polar surface area (TPSA) is 31.1 Å². The number of benzene rings is 1. The highest BCUT2D eigenvalue weighted by Crippen LogP contribution is 2.14. The van der Waals surface area contributed by atoms with Crippen molar-refractivity contribution in [1.29, 1.82) is 0 Å². The van der Waals surface area contributed by atoms with Crippen LogP contribution in [0.15, 0.2) is 30.5 Å². The van der Waals surface area contributed by atoms with Gasteiger partial charge in [-0.2, -0.15) is 0 Å². The van der Waals surface area contributed by atoms with Crippen LogP contribution >= 0.6 is 0 Å². The highest BCUT2D eigenvalue weighted by molar-refractivity contribution is 5.79. The smallest absolute Gasteiger partial charge is 0.0457 e. The van der Waals surface area contributed by atoms with E-state index in [1.54, 1.807) is 0 Å². The van der Waals surface area contributed by atoms with E-state index >= 15 is 0 Å². The molecule has 2 aromatic rings. The maximum atomic E-state index is 3.70. The maximum absolute atomic E-state index is 3.70. The summed E-state index contributed by atoms with van der Waals surface area (Å²) in [4.78, 5) is 5.53. The monoisotopic (exact) mass is 273 g/mol. The molecule has 0 bridgehead atoms. The van der Waals surface area contributed by atoms with Crippen molar-refractivity contribution >= 4 is 10.9 Å². The molecule has 0 radical (unpaired) electrons. The van der Waals surface area contributed by atoms with E-state index in [2.05, 4.69) is 67.4 Å². The van der Waals surface area contributed by atoms with Crippen molar-refractivity contribution in [3.05, 3.63) is 36.0 Å². The molecule has 1 heterocycles. The van der Waals surface area contributed by atoms with Gasteiger partial charge in [-0.3, -0.25) is 0 Å². The molecule has 3 nitrogen and oxygen atoms in total. The zero-order chi connectivity index (χ0) is 14.5. The normalized spacial score (nSPS) is 13.5. The average Bonchev–Trinajstić information content (AvgIpc) is 2.81. The molecule has 0 saturated carbocycles. The van der Waals surface area contributed by atoms with Gasteiger partial charge in [0.05, 0.1) is 0 Å². The van der Waals surface area contributed by atoms with Crippen LogP contribution in [0.2, 0.25) is 0 Å². The van der Waals surface area contributed by atoms with E-state index in [1.165, 1.54) is 22.9 Å². The summed E-state index contributed by atoms with van der Waals surface area (Å²) in [5, 5.41) is 4.98. The van der Waals surface area contributed by atoms with Gasteiger partial charge >= 0.3 is 0 Å². The molecule has 0 aliphatic heterocycles. The summed E-state index contributed by atoms with van der Waals surface area (Å²) in [5.74, 6) is 0.721. The molecule has 0 aliphatic rings. The Morgan fingerprint density at radius 1 is 1.20 bits per heavy atom. The minimum absolute atomic E-state index is 0.546. The molecule has 3 heteroatoms. The highest BCUT2D eigenvalue weighted by atomic mass is 15.1. The van der Waals surface area contributed by atoms with Gasteiger partial charge in [0.15, 0.2) is 0 Å². The summed E-state index contributed by atoms with van der Waals surface area (Å²) in [5.41, 5.74) is 2.56. The number of hydrogen-bond acceptors (Lipinski definition) is 2. The van der Waals surface area contributed by atoms with E-state index in [0.29, 0.717) is 6.04 Å². The SMILES string of the molecule is CC(C)CC(CN(C)C)NCc1ccc2cc[nH]c2c1. The van der Waals surface area contributed by atoms with Gasteiger partial charge in [-0.25, -0.2) is 0 Å². The second-order valence-corrected chi connectivity index (χ2v) is 6.37. The fraction of sp³-hybridized carbons (Fsp3) is 0.529. The molecule has 0 fully saturated rings. The third-order valence-corrected chi connectivity index (χ3v) is 3.56. The predicted octanol–water partition coefficient (Wildman–Crippen LogP) is 3.23. The van der Waals surface area contributed by atoms with Crippen molar-refractivity contribution < 1.29 is 0 Å². The van der Waals surface area contributed by atoms with Gasteiger partial charge in [0.1, 0.15) is 0 Å². The number of nitrogens with zero attached hydrogens (tertiary/aromatic N) is 1. The standard InChI is InChI=1S/C17H27N3/c1-13(2)9-16(12-20(3)4)19-11-14-5-6-15-7-8-18-17(15)10-14/h5-8,10,13,16,18-19H,9,11-12H2,1-4H3. The Morgan fingerprint density at radius 2 is 2.00 bits per heavy atom. The van der Waals surface area contributed by atoms with E-state index in [1.807, 2.05) is 6.20 Å². The molecule has 2 rings (SSSR count). The first-order valence-corrected chi connectivity index (χ1v) is 7.48. The summed E-state index contributed by atoms with van der Waals surface area (Å²) in [6.45, 7) is 6.59. The van der Waals surface area contributed by atoms with Gasteiger partial charge in [-0.1, -0.05) is 26.0 Å². The van der Waals surface area contributed by atoms with Crippen LogP contribution in [-0.2, 0) is 6.54 Å². The van der Waals surface area contributed by atoms with Crippen molar-refractivity contribution in [2.24, 2.45) is 5.92 Å². The number of H-pyrrole nitrogens is 1. The number of aromatic nitrogens is 1. The predicted molar refractivity (Wildman–Crippen MR) is 86.9 cm³/mol. The molecule has 1 aromatic heterocycles. The first kappa shape index (κ1) is 15.1. The van der Waals surface area contributed by atoms with E-state index in [-0.39, 0.29) is 0 Å². The summed E-state index contributed by atoms with van der Waals surface area (Å²) >= 11 is 0. The first-order valence-electron chi connectivity index (χ1n) is 7.48. The fourth-order valence-corrected chi connectivity index (χ4v) is 2.70. The molecule has 2 N–H and O–H groups in total. The van der Waals surface area contributed by atoms with Gasteiger partial charge in [0, 0.05) is 30.8 Å². The molecular formula is C17H27N3. The molecule has 0 amide bonds. The lowest BCUT2D eigenvalue weighted by Gasteiger charge is -2.24. The number of hydrogen-bond donors (Lipinski definition) is 2. The number of fused-ring (bicyclic) bond motifs is 1. The molecule has 20 heavy (non-hydrogen) atoms. The Bertz CT molecular complexity index is 518. The molecule has 1 atom stereocenters. The lowest BCUT2D eigenvalue weighted by molar-refractivity contribution is 0.305. The molecule has 1 unspecified atom stereocenters. The van der Waals surface area contributed by atoms with Gasteiger partial charge in [0.25, 0.3) is 0 Å². The third-order valence-electron chi connectivity index (χ3n) is 3.56. The van der Waals surface area contributed by atoms with Crippen LogP contribution in [-0.4, -0.2) is 36.6 Å². The van der Waals surface area contributed by atoms with E-state index in [9.17, 15) is 0 Å². The van der Waals surface area contributed by atoms with Crippen LogP contribution in [0.4, 0.5) is 0 Å². The van der Waals surface area contributed by atoms with Crippen LogP contribution in [0, 0.1) is 5.92 Å². The Balaban J connectivity index is 1.96. The Hall–Kier alpha value is -1.32. The third kappa shape index (κ3) is 4.36. The second kappa shape index (κ2) is 6.91. The molecule has 0 saturated heterocycles. The van der Waals surface area contributed by atoms with E-state index in [0.717, 1.165) is 19.0 Å². The molecular weight excluding hydrogens is 246 g/mol. The van der Waals surface area contributed by atoms with E-state index in [4.69, 9.17) is 0 Å². The summed E-state index contributed by atoms with van der Waals surface area (Å²) in [6, 6.07) is 9.30. The largest absolute Gasteiger partial charge is 0.361 e. The first-order chi connectivity index (χ1) is 9.54. The Morgan fingerprint density at radius 3 is 2.70 bits per heavy atom. The van der Waals surface area contributed by atoms with Crippen molar-refractivity contribution in [2.45, 2.75) is 32.9 Å². The Labute approximate surface area is 122 Å². The maximum Gasteiger partial charge on any atom is 0.0457 e. The molecule has 110 valence electrons. The highest BCUT2D eigenvalue weighted by Gasteiger charge is 2.11. The van der Waals surface area contributed by atoms with Gasteiger partial charge in [-0.15, -0.1) is 0 Å². The Kier molecular flexibility index (Phi) is 5.21. The van der Waals surface area contributed by atoms with Crippen LogP contribution in [0.1, 0.15) is 25.8 Å². The van der Waals surface area contributed by atoms with Crippen LogP contribution < -0.4 is 5.32 Å². The zero-order valence-electron chi connectivity index (χ0n) is 13.1. The van der Waals surface area contributed by atoms with Crippen molar-refractivity contribution in [1.82, 2.24) is 15.2 Å². The molecule has 0 spiro atoms. The van der Waals surface area contributed by atoms with Crippen LogP contribution in [0.3, 0.4) is 0 Å². The number of rotatable bonds is 7. The van der Waals surface area contributed by atoms with Gasteiger partial charge in [0.2, 0.25) is 0 Å². The van der Waals surface area contributed by atoms with Crippen LogP contribution in [0.25, 0.3) is 10.9 Å². The fourth-order valence-electron chi connectivity index (χ4n) is 2.70. The minimum Gasteiger partial charge on any atom is -0.361 e. The number of likely N-dealkylation sites (N-methyl/N-ethyl adjacent to an activating group) is 1. The molecule has 1 aromatic carbocycles. The van der Waals surface area contributed by atoms with Crippen LogP contribution in [0.5, 0.6) is 0 Å². The lowest BCUT2D eigenvalue weighted by atomic mass is 10.0. The summed E-state index contributed by atoms with van der Waals surface area (Å²) in [7, 11) is 4.28. The summed E-state index contributed by atoms with van der Waals surface area (Å²) in [6.07, 6.45) is 3.21. The van der Waals surface area contributed by atoms with E-state index < -0.39 is 0 Å². The molecule has 0 aliphatic carbocycles. The lowest BCUT2D eigenvalue weighted by Crippen LogP contribution is -2.38.